The highest BCUT2D eigenvalue weighted by Gasteiger charge is 2.15. The molecule has 0 saturated heterocycles. The van der Waals surface area contributed by atoms with E-state index in [2.05, 4.69) is 15.5 Å². The molecule has 0 aliphatic carbocycles. The van der Waals surface area contributed by atoms with Gasteiger partial charge in [-0.25, -0.2) is 4.99 Å². The summed E-state index contributed by atoms with van der Waals surface area (Å²) in [6.07, 6.45) is 0.839. The van der Waals surface area contributed by atoms with Crippen LogP contribution in [0.3, 0.4) is 0 Å². The van der Waals surface area contributed by atoms with Gasteiger partial charge >= 0.3 is 0 Å². The first-order chi connectivity index (χ1) is 11.0. The van der Waals surface area contributed by atoms with Crippen molar-refractivity contribution in [2.75, 3.05) is 33.2 Å². The number of aliphatic imine (C=N–C) groups is 1. The van der Waals surface area contributed by atoms with Crippen molar-refractivity contribution in [3.8, 4) is 0 Å². The molecular formula is C16H29N5O2. The van der Waals surface area contributed by atoms with Crippen LogP contribution >= 0.6 is 0 Å². The molecule has 0 unspecified atom stereocenters. The van der Waals surface area contributed by atoms with E-state index < -0.39 is 0 Å². The van der Waals surface area contributed by atoms with E-state index in [1.54, 1.807) is 0 Å². The second-order valence-corrected chi connectivity index (χ2v) is 5.23. The fraction of sp³-hybridized carbons (Fsp3) is 0.688. The molecule has 1 aromatic heterocycles. The summed E-state index contributed by atoms with van der Waals surface area (Å²) in [4.78, 5) is 20.4. The van der Waals surface area contributed by atoms with Gasteiger partial charge < -0.3 is 19.6 Å². The van der Waals surface area contributed by atoms with E-state index in [0.717, 1.165) is 24.4 Å². The van der Waals surface area contributed by atoms with Crippen LogP contribution in [0.4, 0.5) is 0 Å². The number of nitrogens with one attached hydrogen (secondary N) is 1. The Labute approximate surface area is 138 Å². The molecule has 0 radical (unpaired) electrons. The van der Waals surface area contributed by atoms with Gasteiger partial charge in [0.2, 0.25) is 5.91 Å². The summed E-state index contributed by atoms with van der Waals surface area (Å²) in [5, 5.41) is 7.15. The average molecular weight is 323 g/mol. The van der Waals surface area contributed by atoms with Crippen molar-refractivity contribution in [2.45, 2.75) is 40.7 Å². The second kappa shape index (κ2) is 9.86. The Morgan fingerprint density at radius 1 is 1.30 bits per heavy atom. The van der Waals surface area contributed by atoms with Gasteiger partial charge in [-0.3, -0.25) is 4.79 Å². The first kappa shape index (κ1) is 19.0. The molecule has 1 aromatic rings. The molecule has 0 atom stereocenters. The number of aromatic nitrogens is 1. The number of likely N-dealkylation sites (N-methyl/N-ethyl adjacent to an activating group) is 2. The van der Waals surface area contributed by atoms with Gasteiger partial charge in [0, 0.05) is 32.7 Å². The minimum atomic E-state index is 0.0936. The lowest BCUT2D eigenvalue weighted by Gasteiger charge is -2.25. The number of nitrogens with zero attached hydrogens (tertiary/aromatic N) is 4. The summed E-state index contributed by atoms with van der Waals surface area (Å²) in [6, 6.07) is 1.91. The third-order valence-corrected chi connectivity index (χ3v) is 3.54. The molecule has 0 aromatic carbocycles. The largest absolute Gasteiger partial charge is 0.359 e. The fourth-order valence-corrected chi connectivity index (χ4v) is 2.17. The zero-order chi connectivity index (χ0) is 17.2. The first-order valence-corrected chi connectivity index (χ1v) is 8.27. The molecule has 1 rings (SSSR count). The molecule has 7 nitrogen and oxygen atoms in total. The third-order valence-electron chi connectivity index (χ3n) is 3.54. The number of carbonyl (C=O) groups excluding carboxylic acids is 1. The summed E-state index contributed by atoms with van der Waals surface area (Å²) < 4.78 is 5.24. The van der Waals surface area contributed by atoms with E-state index in [-0.39, 0.29) is 5.91 Å². The summed E-state index contributed by atoms with van der Waals surface area (Å²) >= 11 is 0. The van der Waals surface area contributed by atoms with Gasteiger partial charge in [0.05, 0.1) is 12.2 Å². The minimum Gasteiger partial charge on any atom is -0.359 e. The molecule has 1 heterocycles. The van der Waals surface area contributed by atoms with Crippen molar-refractivity contribution in [1.29, 1.82) is 0 Å². The van der Waals surface area contributed by atoms with Crippen LogP contribution in [0.1, 0.15) is 39.1 Å². The van der Waals surface area contributed by atoms with Crippen molar-refractivity contribution >= 4 is 11.9 Å². The molecule has 23 heavy (non-hydrogen) atoms. The Balaban J connectivity index is 2.71. The quantitative estimate of drug-likeness (QED) is 0.580. The summed E-state index contributed by atoms with van der Waals surface area (Å²) in [7, 11) is 1.86. The number of hydrogen-bond acceptors (Lipinski definition) is 4. The Morgan fingerprint density at radius 3 is 2.52 bits per heavy atom. The number of amides is 1. The van der Waals surface area contributed by atoms with Gasteiger partial charge in [-0.2, -0.15) is 0 Å². The van der Waals surface area contributed by atoms with Crippen LogP contribution in [0.5, 0.6) is 0 Å². The fourth-order valence-electron chi connectivity index (χ4n) is 2.17. The number of hydrogen-bond donors (Lipinski definition) is 1. The topological polar surface area (TPSA) is 74.0 Å². The molecule has 0 aliphatic rings. The van der Waals surface area contributed by atoms with Crippen molar-refractivity contribution in [1.82, 2.24) is 20.3 Å². The molecule has 0 aliphatic heterocycles. The predicted molar refractivity (Wildman–Crippen MR) is 91.3 cm³/mol. The highest BCUT2D eigenvalue weighted by atomic mass is 16.5. The molecule has 0 spiro atoms. The van der Waals surface area contributed by atoms with E-state index in [1.165, 1.54) is 0 Å². The van der Waals surface area contributed by atoms with Crippen LogP contribution in [0.15, 0.2) is 15.6 Å². The maximum absolute atomic E-state index is 12.2. The number of aryl methyl sites for hydroxylation is 1. The molecule has 1 N–H and O–H groups in total. The Bertz CT molecular complexity index is 508. The molecule has 1 amide bonds. The lowest BCUT2D eigenvalue weighted by Crippen LogP contribution is -2.45. The molecule has 130 valence electrons. The van der Waals surface area contributed by atoms with E-state index in [0.29, 0.717) is 32.1 Å². The molecular weight excluding hydrogens is 294 g/mol. The third kappa shape index (κ3) is 5.92. The monoisotopic (exact) mass is 323 g/mol. The van der Waals surface area contributed by atoms with Crippen LogP contribution < -0.4 is 5.32 Å². The number of guanidine groups is 1. The van der Waals surface area contributed by atoms with Crippen molar-refractivity contribution in [3.63, 3.8) is 0 Å². The maximum Gasteiger partial charge on any atom is 0.242 e. The van der Waals surface area contributed by atoms with E-state index in [4.69, 9.17) is 4.52 Å². The van der Waals surface area contributed by atoms with E-state index >= 15 is 0 Å². The lowest BCUT2D eigenvalue weighted by atomic mass is 10.3. The highest BCUT2D eigenvalue weighted by molar-refractivity contribution is 5.86. The van der Waals surface area contributed by atoms with Crippen LogP contribution in [0.25, 0.3) is 0 Å². The van der Waals surface area contributed by atoms with Crippen LogP contribution in [-0.4, -0.2) is 60.0 Å². The van der Waals surface area contributed by atoms with Gasteiger partial charge in [-0.1, -0.05) is 12.1 Å². The van der Waals surface area contributed by atoms with Crippen molar-refractivity contribution < 1.29 is 9.32 Å². The number of carbonyl (C=O) groups is 1. The van der Waals surface area contributed by atoms with Gasteiger partial charge in [-0.15, -0.1) is 0 Å². The Hall–Kier alpha value is -2.05. The summed E-state index contributed by atoms with van der Waals surface area (Å²) in [5.41, 5.74) is 0.922. The van der Waals surface area contributed by atoms with Gasteiger partial charge in [0.15, 0.2) is 11.7 Å². The molecule has 0 fully saturated rings. The van der Waals surface area contributed by atoms with Crippen LogP contribution in [0, 0.1) is 0 Å². The molecule has 7 heteroatoms. The summed E-state index contributed by atoms with van der Waals surface area (Å²) in [6.45, 7) is 10.9. The summed E-state index contributed by atoms with van der Waals surface area (Å²) in [5.74, 6) is 1.50. The zero-order valence-corrected chi connectivity index (χ0v) is 14.9. The predicted octanol–water partition coefficient (Wildman–Crippen LogP) is 1.50. The van der Waals surface area contributed by atoms with Crippen LogP contribution in [0.2, 0.25) is 0 Å². The van der Waals surface area contributed by atoms with E-state index in [9.17, 15) is 4.79 Å². The van der Waals surface area contributed by atoms with Gasteiger partial charge in [0.1, 0.15) is 6.54 Å². The normalized spacial score (nSPS) is 11.4. The Morgan fingerprint density at radius 2 is 2.00 bits per heavy atom. The lowest BCUT2D eigenvalue weighted by molar-refractivity contribution is -0.131. The average Bonchev–Trinajstić information content (AvgIpc) is 3.00. The SMILES string of the molecule is CCNC(=NCc1cc(CC)no1)N(C)CC(=O)N(CC)CC. The van der Waals surface area contributed by atoms with Crippen molar-refractivity contribution in [3.05, 3.63) is 17.5 Å². The highest BCUT2D eigenvalue weighted by Crippen LogP contribution is 2.06. The van der Waals surface area contributed by atoms with Gasteiger partial charge in [-0.05, 0) is 27.2 Å². The number of rotatable bonds is 8. The molecule has 0 bridgehead atoms. The standard InChI is InChI=1S/C16H29N5O2/c1-6-13-10-14(23-19-13)11-18-16(17-7-2)20(5)12-15(22)21(8-3)9-4/h10H,6-9,11-12H2,1-5H3,(H,17,18). The smallest absolute Gasteiger partial charge is 0.242 e. The van der Waals surface area contributed by atoms with E-state index in [1.807, 2.05) is 50.6 Å². The van der Waals surface area contributed by atoms with Gasteiger partial charge in [0.25, 0.3) is 0 Å². The Kier molecular flexibility index (Phi) is 8.15. The van der Waals surface area contributed by atoms with Crippen molar-refractivity contribution in [2.24, 2.45) is 4.99 Å². The van der Waals surface area contributed by atoms with Crippen LogP contribution in [-0.2, 0) is 17.8 Å². The minimum absolute atomic E-state index is 0.0936. The zero-order valence-electron chi connectivity index (χ0n) is 14.9. The second-order valence-electron chi connectivity index (χ2n) is 5.23. The maximum atomic E-state index is 12.2. The molecule has 0 saturated carbocycles. The first-order valence-electron chi connectivity index (χ1n) is 8.27.